The van der Waals surface area contributed by atoms with Gasteiger partial charge in [-0.2, -0.15) is 0 Å². The molecular formula is C12H23ClF6N3O2P. The minimum absolute atomic E-state index is 0.247. The number of piperazine rings is 1. The Hall–Kier alpha value is -0.960. The molecule has 0 radical (unpaired) electrons. The van der Waals surface area contributed by atoms with Crippen LogP contribution in [0.2, 0.25) is 0 Å². The molecule has 1 saturated heterocycles. The van der Waals surface area contributed by atoms with Gasteiger partial charge in [-0.3, -0.25) is 4.58 Å². The molecule has 1 heterocycles. The molecule has 0 bridgehead atoms. The molecule has 0 aliphatic carbocycles. The summed E-state index contributed by atoms with van der Waals surface area (Å²) in [6, 6.07) is 0. The molecule has 152 valence electrons. The van der Waals surface area contributed by atoms with E-state index in [2.05, 4.69) is 4.90 Å². The van der Waals surface area contributed by atoms with Crippen molar-refractivity contribution >= 4 is 30.8 Å². The van der Waals surface area contributed by atoms with Crippen LogP contribution in [0.15, 0.2) is 0 Å². The number of hydrogen-bond acceptors (Lipinski definition) is 2. The van der Waals surface area contributed by atoms with Crippen molar-refractivity contribution in [1.29, 1.82) is 0 Å². The van der Waals surface area contributed by atoms with Crippen molar-refractivity contribution in [2.24, 2.45) is 0 Å². The van der Waals surface area contributed by atoms with Crippen molar-refractivity contribution in [2.45, 2.75) is 26.4 Å². The van der Waals surface area contributed by atoms with Gasteiger partial charge in [0, 0.05) is 11.6 Å². The maximum absolute atomic E-state index is 11.9. The average molecular weight is 422 g/mol. The predicted octanol–water partition coefficient (Wildman–Crippen LogP) is 4.79. The molecule has 0 aromatic carbocycles. The van der Waals surface area contributed by atoms with E-state index in [4.69, 9.17) is 16.3 Å². The normalized spacial score (nSPS) is 18.4. The first-order valence-electron chi connectivity index (χ1n) is 7.15. The van der Waals surface area contributed by atoms with E-state index in [1.54, 1.807) is 4.90 Å². The molecule has 0 spiro atoms. The Kier molecular flexibility index (Phi) is 6.71. The third-order valence-electron chi connectivity index (χ3n) is 2.56. The predicted molar refractivity (Wildman–Crippen MR) is 85.9 cm³/mol. The van der Waals surface area contributed by atoms with Crippen LogP contribution in [0.1, 0.15) is 20.8 Å². The van der Waals surface area contributed by atoms with Gasteiger partial charge in [0.1, 0.15) is 18.7 Å². The Morgan fingerprint density at radius 1 is 0.960 bits per heavy atom. The Morgan fingerprint density at radius 3 is 1.56 bits per heavy atom. The number of nitrogens with zero attached hydrogens (tertiary/aromatic N) is 3. The summed E-state index contributed by atoms with van der Waals surface area (Å²) in [7, 11) is -6.85. The van der Waals surface area contributed by atoms with Crippen molar-refractivity contribution in [2.75, 3.05) is 40.3 Å². The summed E-state index contributed by atoms with van der Waals surface area (Å²) >= 11 is 6.16. The van der Waals surface area contributed by atoms with Gasteiger partial charge in [-0.15, -0.1) is 0 Å². The molecule has 1 aliphatic heterocycles. The second kappa shape index (κ2) is 6.98. The minimum atomic E-state index is -10.7. The van der Waals surface area contributed by atoms with Crippen LogP contribution < -0.4 is 0 Å². The van der Waals surface area contributed by atoms with E-state index in [1.165, 1.54) is 0 Å². The molecule has 5 nitrogen and oxygen atoms in total. The number of carbonyl (C=O) groups excluding carboxylic acids is 1. The number of amidine groups is 1. The van der Waals surface area contributed by atoms with Gasteiger partial charge in [-0.05, 0) is 20.8 Å². The zero-order valence-electron chi connectivity index (χ0n) is 14.6. The van der Waals surface area contributed by atoms with Crippen LogP contribution in [0.3, 0.4) is 0 Å². The summed E-state index contributed by atoms with van der Waals surface area (Å²) in [5, 5.41) is 0.707. The monoisotopic (exact) mass is 421 g/mol. The summed E-state index contributed by atoms with van der Waals surface area (Å²) in [6.45, 7) is 8.36. The molecule has 1 amide bonds. The molecular weight excluding hydrogens is 399 g/mol. The summed E-state index contributed by atoms with van der Waals surface area (Å²) < 4.78 is 66.4. The van der Waals surface area contributed by atoms with Crippen LogP contribution in [0.4, 0.5) is 30.0 Å². The quantitative estimate of drug-likeness (QED) is 0.141. The topological polar surface area (TPSA) is 35.8 Å². The van der Waals surface area contributed by atoms with Crippen molar-refractivity contribution in [3.63, 3.8) is 0 Å². The number of hydrogen-bond donors (Lipinski definition) is 0. The van der Waals surface area contributed by atoms with Gasteiger partial charge >= 0.3 is 44.4 Å². The van der Waals surface area contributed by atoms with Gasteiger partial charge in [0.15, 0.2) is 0 Å². The summed E-state index contributed by atoms with van der Waals surface area (Å²) in [6.07, 6.45) is -0.247. The van der Waals surface area contributed by atoms with Crippen LogP contribution in [-0.2, 0) is 4.74 Å². The summed E-state index contributed by atoms with van der Waals surface area (Å²) in [4.78, 5) is 15.6. The summed E-state index contributed by atoms with van der Waals surface area (Å²) in [5.74, 6) is 0. The van der Waals surface area contributed by atoms with E-state index >= 15 is 0 Å². The molecule has 13 heteroatoms. The van der Waals surface area contributed by atoms with Crippen LogP contribution >= 0.6 is 19.4 Å². The summed E-state index contributed by atoms with van der Waals surface area (Å²) in [5.41, 5.74) is -0.443. The fourth-order valence-electron chi connectivity index (χ4n) is 1.68. The Labute approximate surface area is 147 Å². The van der Waals surface area contributed by atoms with Crippen LogP contribution in [0, 0.1) is 0 Å². The molecule has 0 saturated carbocycles. The van der Waals surface area contributed by atoms with E-state index in [0.717, 1.165) is 13.1 Å². The molecule has 0 aromatic rings. The van der Waals surface area contributed by atoms with E-state index in [0.29, 0.717) is 18.4 Å². The second-order valence-electron chi connectivity index (χ2n) is 6.58. The fourth-order valence-corrected chi connectivity index (χ4v) is 1.85. The molecule has 25 heavy (non-hydrogen) atoms. The number of halogens is 7. The molecule has 0 atom stereocenters. The first kappa shape index (κ1) is 24.0. The zero-order valence-corrected chi connectivity index (χ0v) is 16.2. The molecule has 1 aliphatic rings. The van der Waals surface area contributed by atoms with Crippen molar-refractivity contribution < 1.29 is 39.3 Å². The van der Waals surface area contributed by atoms with E-state index in [9.17, 15) is 30.0 Å². The van der Waals surface area contributed by atoms with Gasteiger partial charge in [0.2, 0.25) is 0 Å². The standard InChI is InChI=1S/C12H23ClN3O2.F6P/c1-12(2,3)18-11(17)16-8-6-15(7-9-16)10(13)14(4)5;1-7(2,3,4,5)6/h6-9H2,1-5H3;/q+1;-1. The zero-order chi connectivity index (χ0) is 20.3. The van der Waals surface area contributed by atoms with Crippen molar-refractivity contribution in [1.82, 2.24) is 9.80 Å². The molecule has 0 N–H and O–H groups in total. The first-order chi connectivity index (χ1) is 10.7. The Morgan fingerprint density at radius 2 is 1.28 bits per heavy atom. The van der Waals surface area contributed by atoms with Crippen LogP contribution in [0.25, 0.3) is 0 Å². The third kappa shape index (κ3) is 15.0. The number of amides is 1. The van der Waals surface area contributed by atoms with E-state index < -0.39 is 13.4 Å². The SMILES string of the molecule is C[N+](C)=C(Cl)N1CCN(C(=O)OC(C)(C)C)CC1.F[P-](F)(F)(F)(F)F. The van der Waals surface area contributed by atoms with Gasteiger partial charge < -0.3 is 9.64 Å². The molecule has 1 rings (SSSR count). The first-order valence-corrected chi connectivity index (χ1v) is 9.55. The van der Waals surface area contributed by atoms with E-state index in [1.807, 2.05) is 39.4 Å². The van der Waals surface area contributed by atoms with Crippen LogP contribution in [0.5, 0.6) is 0 Å². The second-order valence-corrected chi connectivity index (χ2v) is 8.83. The molecule has 0 unspecified atom stereocenters. The maximum atomic E-state index is 11.9. The van der Waals surface area contributed by atoms with Gasteiger partial charge in [0.05, 0.1) is 27.2 Å². The number of rotatable bonds is 0. The number of ether oxygens (including phenoxy) is 1. The molecule has 0 aromatic heterocycles. The average Bonchev–Trinajstić information content (AvgIpc) is 2.32. The van der Waals surface area contributed by atoms with Crippen molar-refractivity contribution in [3.05, 3.63) is 0 Å². The molecule has 1 fully saturated rings. The van der Waals surface area contributed by atoms with Gasteiger partial charge in [0.25, 0.3) is 0 Å². The number of carbonyl (C=O) groups is 1. The Bertz CT molecular complexity index is 509. The van der Waals surface area contributed by atoms with Crippen LogP contribution in [-0.4, -0.2) is 71.6 Å². The Balaban J connectivity index is 0.000000697. The fraction of sp³-hybridized carbons (Fsp3) is 0.833. The van der Waals surface area contributed by atoms with Gasteiger partial charge in [-0.25, -0.2) is 9.69 Å². The van der Waals surface area contributed by atoms with Gasteiger partial charge in [-0.1, -0.05) is 0 Å². The van der Waals surface area contributed by atoms with Crippen molar-refractivity contribution in [3.8, 4) is 0 Å². The third-order valence-corrected chi connectivity index (χ3v) is 3.14. The van der Waals surface area contributed by atoms with E-state index in [-0.39, 0.29) is 6.09 Å².